The van der Waals surface area contributed by atoms with Crippen molar-refractivity contribution in [3.63, 3.8) is 0 Å². The summed E-state index contributed by atoms with van der Waals surface area (Å²) in [6.45, 7) is 1.70. The summed E-state index contributed by atoms with van der Waals surface area (Å²) in [6.07, 6.45) is 2.14. The van der Waals surface area contributed by atoms with Crippen LogP contribution in [0.25, 0.3) is 0 Å². The molecular formula is C12H16N2O. The highest BCUT2D eigenvalue weighted by molar-refractivity contribution is 5.98. The van der Waals surface area contributed by atoms with Crippen molar-refractivity contribution in [2.45, 2.75) is 19.4 Å². The van der Waals surface area contributed by atoms with Gasteiger partial charge in [0.05, 0.1) is 0 Å². The highest BCUT2D eigenvalue weighted by atomic mass is 16.1. The smallest absolute Gasteiger partial charge is 0.251 e. The number of aryl methyl sites for hydroxylation is 1. The lowest BCUT2D eigenvalue weighted by molar-refractivity contribution is 0.0965. The van der Waals surface area contributed by atoms with E-state index in [-0.39, 0.29) is 5.91 Å². The Balaban J connectivity index is 2.08. The predicted octanol–water partition coefficient (Wildman–Crippen LogP) is 1.08. The molecule has 0 aromatic heterocycles. The molecule has 1 aliphatic heterocycles. The van der Waals surface area contributed by atoms with Crippen LogP contribution in [0, 0.1) is 0 Å². The Bertz CT molecular complexity index is 374. The second-order valence-corrected chi connectivity index (χ2v) is 3.88. The molecule has 1 aromatic carbocycles. The van der Waals surface area contributed by atoms with Crippen LogP contribution in [0.4, 0.5) is 0 Å². The lowest BCUT2D eigenvalue weighted by Gasteiger charge is -2.03. The Labute approximate surface area is 89.9 Å². The van der Waals surface area contributed by atoms with Gasteiger partial charge < -0.3 is 10.6 Å². The van der Waals surface area contributed by atoms with Crippen molar-refractivity contribution < 1.29 is 4.79 Å². The van der Waals surface area contributed by atoms with Gasteiger partial charge in [-0.3, -0.25) is 4.79 Å². The molecule has 0 radical (unpaired) electrons. The van der Waals surface area contributed by atoms with Crippen LogP contribution < -0.4 is 10.6 Å². The third-order valence-electron chi connectivity index (χ3n) is 2.75. The third-order valence-corrected chi connectivity index (χ3v) is 2.75. The van der Waals surface area contributed by atoms with Crippen molar-refractivity contribution in [2.75, 3.05) is 13.6 Å². The number of amides is 1. The fourth-order valence-electron chi connectivity index (χ4n) is 1.88. The number of hydrogen-bond donors (Lipinski definition) is 2. The molecule has 0 bridgehead atoms. The minimum absolute atomic E-state index is 0.0699. The highest BCUT2D eigenvalue weighted by Crippen LogP contribution is 2.17. The van der Waals surface area contributed by atoms with Gasteiger partial charge in [-0.2, -0.15) is 0 Å². The van der Waals surface area contributed by atoms with E-state index in [0.29, 0.717) is 6.54 Å². The van der Waals surface area contributed by atoms with Crippen molar-refractivity contribution in [1.29, 1.82) is 0 Å². The van der Waals surface area contributed by atoms with Crippen molar-refractivity contribution in [3.8, 4) is 0 Å². The van der Waals surface area contributed by atoms with Crippen LogP contribution in [0.5, 0.6) is 0 Å². The summed E-state index contributed by atoms with van der Waals surface area (Å²) in [7, 11) is 1.95. The van der Waals surface area contributed by atoms with Crippen LogP contribution in [0.2, 0.25) is 0 Å². The molecule has 0 saturated carbocycles. The molecule has 0 atom stereocenters. The van der Waals surface area contributed by atoms with Crippen LogP contribution in [-0.2, 0) is 13.0 Å². The van der Waals surface area contributed by atoms with E-state index in [1.165, 1.54) is 5.56 Å². The second kappa shape index (κ2) is 4.45. The summed E-state index contributed by atoms with van der Waals surface area (Å²) in [5, 5.41) is 5.95. The lowest BCUT2D eigenvalue weighted by atomic mass is 10.0. The molecule has 0 fully saturated rings. The van der Waals surface area contributed by atoms with E-state index in [9.17, 15) is 4.79 Å². The standard InChI is InChI=1S/C12H16N2O/c1-13-6-2-3-9-4-5-10-8-14-12(15)11(10)7-9/h4-5,7,13H,2-3,6,8H2,1H3,(H,14,15). The average molecular weight is 204 g/mol. The van der Waals surface area contributed by atoms with Gasteiger partial charge in [-0.15, -0.1) is 0 Å². The summed E-state index contributed by atoms with van der Waals surface area (Å²) in [6, 6.07) is 6.20. The fourth-order valence-corrected chi connectivity index (χ4v) is 1.88. The molecule has 0 saturated heterocycles. The molecular weight excluding hydrogens is 188 g/mol. The molecule has 0 spiro atoms. The number of benzene rings is 1. The van der Waals surface area contributed by atoms with Crippen LogP contribution in [0.15, 0.2) is 18.2 Å². The summed E-state index contributed by atoms with van der Waals surface area (Å²) in [4.78, 5) is 11.4. The van der Waals surface area contributed by atoms with Crippen LogP contribution in [0.1, 0.15) is 27.9 Å². The summed E-state index contributed by atoms with van der Waals surface area (Å²) >= 11 is 0. The van der Waals surface area contributed by atoms with Gasteiger partial charge in [0.2, 0.25) is 0 Å². The molecule has 80 valence electrons. The molecule has 0 unspecified atom stereocenters. The number of carbonyl (C=O) groups is 1. The molecule has 1 amide bonds. The van der Waals surface area contributed by atoms with Crippen LogP contribution >= 0.6 is 0 Å². The van der Waals surface area contributed by atoms with Gasteiger partial charge in [-0.25, -0.2) is 0 Å². The summed E-state index contributed by atoms with van der Waals surface area (Å²) < 4.78 is 0. The fraction of sp³-hybridized carbons (Fsp3) is 0.417. The lowest BCUT2D eigenvalue weighted by Crippen LogP contribution is -2.12. The quantitative estimate of drug-likeness (QED) is 0.721. The van der Waals surface area contributed by atoms with E-state index in [4.69, 9.17) is 0 Å². The molecule has 1 aromatic rings. The average Bonchev–Trinajstić information content (AvgIpc) is 2.61. The van der Waals surface area contributed by atoms with Crippen molar-refractivity contribution in [3.05, 3.63) is 34.9 Å². The molecule has 2 N–H and O–H groups in total. The highest BCUT2D eigenvalue weighted by Gasteiger charge is 2.18. The molecule has 1 aliphatic rings. The number of rotatable bonds is 4. The first kappa shape index (κ1) is 10.2. The van der Waals surface area contributed by atoms with E-state index >= 15 is 0 Å². The maximum absolute atomic E-state index is 11.4. The molecule has 3 nitrogen and oxygen atoms in total. The molecule has 15 heavy (non-hydrogen) atoms. The minimum Gasteiger partial charge on any atom is -0.348 e. The Hall–Kier alpha value is -1.35. The maximum Gasteiger partial charge on any atom is 0.251 e. The third kappa shape index (κ3) is 2.18. The van der Waals surface area contributed by atoms with Gasteiger partial charge in [0, 0.05) is 12.1 Å². The van der Waals surface area contributed by atoms with Gasteiger partial charge in [0.1, 0.15) is 0 Å². The predicted molar refractivity (Wildman–Crippen MR) is 59.9 cm³/mol. The minimum atomic E-state index is 0.0699. The molecule has 3 heteroatoms. The Morgan fingerprint density at radius 1 is 1.47 bits per heavy atom. The van der Waals surface area contributed by atoms with Crippen LogP contribution in [0.3, 0.4) is 0 Å². The molecule has 2 rings (SSSR count). The number of carbonyl (C=O) groups excluding carboxylic acids is 1. The molecule has 1 heterocycles. The van der Waals surface area contributed by atoms with E-state index in [1.54, 1.807) is 0 Å². The Kier molecular flexibility index (Phi) is 3.02. The number of fused-ring (bicyclic) bond motifs is 1. The Morgan fingerprint density at radius 3 is 3.13 bits per heavy atom. The zero-order chi connectivity index (χ0) is 10.7. The largest absolute Gasteiger partial charge is 0.348 e. The van der Waals surface area contributed by atoms with E-state index in [2.05, 4.69) is 22.8 Å². The van der Waals surface area contributed by atoms with Crippen molar-refractivity contribution in [2.24, 2.45) is 0 Å². The zero-order valence-corrected chi connectivity index (χ0v) is 8.97. The first-order valence-electron chi connectivity index (χ1n) is 5.36. The maximum atomic E-state index is 11.4. The number of nitrogens with one attached hydrogen (secondary N) is 2. The second-order valence-electron chi connectivity index (χ2n) is 3.88. The van der Waals surface area contributed by atoms with Gasteiger partial charge in [0.15, 0.2) is 0 Å². The Morgan fingerprint density at radius 2 is 2.33 bits per heavy atom. The monoisotopic (exact) mass is 204 g/mol. The normalized spacial score (nSPS) is 13.8. The summed E-state index contributed by atoms with van der Waals surface area (Å²) in [5.41, 5.74) is 3.23. The van der Waals surface area contributed by atoms with Gasteiger partial charge in [-0.1, -0.05) is 12.1 Å². The zero-order valence-electron chi connectivity index (χ0n) is 8.97. The van der Waals surface area contributed by atoms with E-state index < -0.39 is 0 Å². The SMILES string of the molecule is CNCCCc1ccc2c(c1)C(=O)NC2. The van der Waals surface area contributed by atoms with Gasteiger partial charge in [0.25, 0.3) is 5.91 Å². The first-order chi connectivity index (χ1) is 7.31. The van der Waals surface area contributed by atoms with E-state index in [1.807, 2.05) is 13.1 Å². The molecule has 0 aliphatic carbocycles. The van der Waals surface area contributed by atoms with Crippen molar-refractivity contribution >= 4 is 5.91 Å². The van der Waals surface area contributed by atoms with Crippen LogP contribution in [-0.4, -0.2) is 19.5 Å². The van der Waals surface area contributed by atoms with Gasteiger partial charge in [-0.05, 0) is 43.6 Å². The summed E-state index contributed by atoms with van der Waals surface area (Å²) in [5.74, 6) is 0.0699. The van der Waals surface area contributed by atoms with Crippen molar-refractivity contribution in [1.82, 2.24) is 10.6 Å². The first-order valence-corrected chi connectivity index (χ1v) is 5.36. The van der Waals surface area contributed by atoms with E-state index in [0.717, 1.165) is 30.5 Å². The topological polar surface area (TPSA) is 41.1 Å². The number of hydrogen-bond acceptors (Lipinski definition) is 2. The van der Waals surface area contributed by atoms with Gasteiger partial charge >= 0.3 is 0 Å².